The molecule has 0 spiro atoms. The third-order valence-corrected chi connectivity index (χ3v) is 5.87. The lowest BCUT2D eigenvalue weighted by molar-refractivity contribution is -0.164. The van der Waals surface area contributed by atoms with Gasteiger partial charge < -0.3 is 24.8 Å². The molecule has 36 heavy (non-hydrogen) atoms. The first-order valence-electron chi connectivity index (χ1n) is 12.3. The van der Waals surface area contributed by atoms with E-state index in [1.54, 1.807) is 32.9 Å². The van der Waals surface area contributed by atoms with E-state index in [9.17, 15) is 24.3 Å². The van der Waals surface area contributed by atoms with Crippen LogP contribution >= 0.6 is 0 Å². The highest BCUT2D eigenvalue weighted by Gasteiger charge is 2.53. The molecule has 1 aliphatic heterocycles. The summed E-state index contributed by atoms with van der Waals surface area (Å²) in [6.07, 6.45) is 1.46. The first kappa shape index (κ1) is 29.3. The number of esters is 2. The van der Waals surface area contributed by atoms with Crippen molar-refractivity contribution in [3.05, 3.63) is 29.8 Å². The second-order valence-electron chi connectivity index (χ2n) is 9.99. The number of amides is 1. The third-order valence-electron chi connectivity index (χ3n) is 5.87. The van der Waals surface area contributed by atoms with Gasteiger partial charge >= 0.3 is 11.9 Å². The van der Waals surface area contributed by atoms with E-state index in [-0.39, 0.29) is 31.8 Å². The molecule has 1 aromatic rings. The van der Waals surface area contributed by atoms with Gasteiger partial charge in [-0.1, -0.05) is 25.5 Å². The fraction of sp³-hybridized carbons (Fsp3) is 0.615. The standard InChI is InChI=1S/C26H39N3O7/c1-6-7-12-27-20(15-18-8-10-19(30)11-9-18)23(33)26(16-21(31)35-5)24(34)29(14-13-28-26)17-22(32)36-25(2,3)4/h8-11,20,27-28,30H,6-7,12-17H2,1-5H3/t20-,26?/m0/s1. The molecule has 1 fully saturated rings. The molecule has 0 aliphatic carbocycles. The van der Waals surface area contributed by atoms with Crippen LogP contribution in [0.3, 0.4) is 0 Å². The van der Waals surface area contributed by atoms with Crippen LogP contribution in [0.15, 0.2) is 24.3 Å². The largest absolute Gasteiger partial charge is 0.508 e. The van der Waals surface area contributed by atoms with E-state index in [0.29, 0.717) is 6.54 Å². The summed E-state index contributed by atoms with van der Waals surface area (Å²) in [7, 11) is 1.19. The number of ether oxygens (including phenoxy) is 2. The van der Waals surface area contributed by atoms with Crippen molar-refractivity contribution < 1.29 is 33.8 Å². The van der Waals surface area contributed by atoms with Crippen LogP contribution in [-0.4, -0.2) is 84.1 Å². The first-order valence-corrected chi connectivity index (χ1v) is 12.3. The highest BCUT2D eigenvalue weighted by molar-refractivity contribution is 6.15. The van der Waals surface area contributed by atoms with Gasteiger partial charge in [0.25, 0.3) is 5.91 Å². The van der Waals surface area contributed by atoms with Crippen molar-refractivity contribution in [3.8, 4) is 5.75 Å². The van der Waals surface area contributed by atoms with Crippen LogP contribution < -0.4 is 10.6 Å². The fourth-order valence-electron chi connectivity index (χ4n) is 4.11. The quantitative estimate of drug-likeness (QED) is 0.218. The predicted molar refractivity (Wildman–Crippen MR) is 133 cm³/mol. The molecule has 1 unspecified atom stereocenters. The molecule has 200 valence electrons. The van der Waals surface area contributed by atoms with Crippen LogP contribution in [0.4, 0.5) is 0 Å². The zero-order chi connectivity index (χ0) is 26.9. The molecule has 10 nitrogen and oxygen atoms in total. The molecule has 10 heteroatoms. The Hall–Kier alpha value is -2.98. The molecule has 1 heterocycles. The number of nitrogens with one attached hydrogen (secondary N) is 2. The molecule has 2 rings (SSSR count). The van der Waals surface area contributed by atoms with Gasteiger partial charge in [-0.3, -0.25) is 24.5 Å². The summed E-state index contributed by atoms with van der Waals surface area (Å²) in [5.74, 6) is -2.39. The number of ketones is 1. The van der Waals surface area contributed by atoms with Gasteiger partial charge in [0.05, 0.1) is 19.6 Å². The number of benzene rings is 1. The van der Waals surface area contributed by atoms with Gasteiger partial charge in [0.2, 0.25) is 0 Å². The number of hydrogen-bond acceptors (Lipinski definition) is 9. The maximum Gasteiger partial charge on any atom is 0.326 e. The smallest absolute Gasteiger partial charge is 0.326 e. The number of unbranched alkanes of at least 4 members (excludes halogenated alkanes) is 1. The van der Waals surface area contributed by atoms with Crippen molar-refractivity contribution in [2.24, 2.45) is 0 Å². The van der Waals surface area contributed by atoms with E-state index in [4.69, 9.17) is 9.47 Å². The summed E-state index contributed by atoms with van der Waals surface area (Å²) in [6, 6.07) is 5.66. The molecule has 0 saturated carbocycles. The van der Waals surface area contributed by atoms with E-state index >= 15 is 0 Å². The van der Waals surface area contributed by atoms with Gasteiger partial charge in [-0.05, 0) is 57.9 Å². The minimum absolute atomic E-state index is 0.102. The Labute approximate surface area is 212 Å². The Kier molecular flexibility index (Phi) is 10.4. The molecular weight excluding hydrogens is 466 g/mol. The number of phenols is 1. The Bertz CT molecular complexity index is 926. The molecular formula is C26H39N3O7. The van der Waals surface area contributed by atoms with Crippen molar-refractivity contribution in [1.82, 2.24) is 15.5 Å². The van der Waals surface area contributed by atoms with Crippen LogP contribution in [0.1, 0.15) is 52.5 Å². The van der Waals surface area contributed by atoms with E-state index in [2.05, 4.69) is 10.6 Å². The third kappa shape index (κ3) is 8.03. The van der Waals surface area contributed by atoms with Crippen molar-refractivity contribution in [2.45, 2.75) is 70.6 Å². The Morgan fingerprint density at radius 1 is 1.19 bits per heavy atom. The van der Waals surface area contributed by atoms with Crippen LogP contribution in [0.2, 0.25) is 0 Å². The van der Waals surface area contributed by atoms with Gasteiger partial charge in [-0.15, -0.1) is 0 Å². The van der Waals surface area contributed by atoms with Gasteiger partial charge in [0, 0.05) is 13.1 Å². The number of carbonyl (C=O) groups excluding carboxylic acids is 4. The summed E-state index contributed by atoms with van der Waals surface area (Å²) in [5, 5.41) is 15.8. The van der Waals surface area contributed by atoms with Crippen molar-refractivity contribution in [2.75, 3.05) is 33.3 Å². The summed E-state index contributed by atoms with van der Waals surface area (Å²) in [5.41, 5.74) is -1.85. The molecule has 1 aromatic carbocycles. The number of hydrogen-bond donors (Lipinski definition) is 3. The normalized spacial score (nSPS) is 19.0. The predicted octanol–water partition coefficient (Wildman–Crippen LogP) is 1.34. The highest BCUT2D eigenvalue weighted by atomic mass is 16.6. The van der Waals surface area contributed by atoms with E-state index in [0.717, 1.165) is 18.4 Å². The molecule has 2 atom stereocenters. The molecule has 1 saturated heterocycles. The Balaban J connectivity index is 2.39. The monoisotopic (exact) mass is 505 g/mol. The number of methoxy groups -OCH3 is 1. The maximum absolute atomic E-state index is 14.1. The van der Waals surface area contributed by atoms with Gasteiger partial charge in [-0.25, -0.2) is 0 Å². The van der Waals surface area contributed by atoms with Crippen LogP contribution in [0.25, 0.3) is 0 Å². The number of rotatable bonds is 12. The molecule has 1 aliphatic rings. The number of piperazine rings is 1. The second-order valence-corrected chi connectivity index (χ2v) is 9.99. The van der Waals surface area contributed by atoms with E-state index in [1.807, 2.05) is 6.92 Å². The zero-order valence-electron chi connectivity index (χ0n) is 21.9. The average Bonchev–Trinajstić information content (AvgIpc) is 2.80. The lowest BCUT2D eigenvalue weighted by Crippen LogP contribution is -2.72. The minimum atomic E-state index is -1.89. The number of nitrogens with zero attached hydrogens (tertiary/aromatic N) is 1. The Morgan fingerprint density at radius 2 is 1.86 bits per heavy atom. The zero-order valence-corrected chi connectivity index (χ0v) is 21.9. The molecule has 3 N–H and O–H groups in total. The number of carbonyl (C=O) groups is 4. The minimum Gasteiger partial charge on any atom is -0.508 e. The van der Waals surface area contributed by atoms with E-state index < -0.39 is 47.2 Å². The summed E-state index contributed by atoms with van der Waals surface area (Å²) >= 11 is 0. The Morgan fingerprint density at radius 3 is 2.44 bits per heavy atom. The molecule has 1 amide bonds. The number of Topliss-reactive ketones (excluding diaryl/α,β-unsaturated/α-hetero) is 1. The van der Waals surface area contributed by atoms with Gasteiger partial charge in [0.15, 0.2) is 11.3 Å². The first-order chi connectivity index (χ1) is 16.9. The van der Waals surface area contributed by atoms with Gasteiger partial charge in [-0.2, -0.15) is 0 Å². The second kappa shape index (κ2) is 12.8. The fourth-order valence-corrected chi connectivity index (χ4v) is 4.11. The molecule has 0 aromatic heterocycles. The lowest BCUT2D eigenvalue weighted by Gasteiger charge is -2.42. The summed E-state index contributed by atoms with van der Waals surface area (Å²) in [6.45, 7) is 7.80. The highest BCUT2D eigenvalue weighted by Crippen LogP contribution is 2.24. The topological polar surface area (TPSA) is 134 Å². The lowest BCUT2D eigenvalue weighted by atomic mass is 9.81. The van der Waals surface area contributed by atoms with E-state index in [1.165, 1.54) is 24.1 Å². The van der Waals surface area contributed by atoms with Crippen molar-refractivity contribution >= 4 is 23.6 Å². The van der Waals surface area contributed by atoms with Gasteiger partial charge in [0.1, 0.15) is 17.9 Å². The van der Waals surface area contributed by atoms with Crippen molar-refractivity contribution in [1.29, 1.82) is 0 Å². The number of phenolic OH excluding ortho intramolecular Hbond substituents is 1. The number of aromatic hydroxyl groups is 1. The molecule has 0 radical (unpaired) electrons. The van der Waals surface area contributed by atoms with Crippen LogP contribution in [-0.2, 0) is 35.1 Å². The maximum atomic E-state index is 14.1. The molecule has 0 bridgehead atoms. The SMILES string of the molecule is CCCCN[C@@H](Cc1ccc(O)cc1)C(=O)C1(CC(=O)OC)NCCN(CC(=O)OC(C)(C)C)C1=O. The summed E-state index contributed by atoms with van der Waals surface area (Å²) < 4.78 is 10.2. The van der Waals surface area contributed by atoms with Crippen LogP contribution in [0, 0.1) is 0 Å². The average molecular weight is 506 g/mol. The van der Waals surface area contributed by atoms with Crippen molar-refractivity contribution in [3.63, 3.8) is 0 Å². The summed E-state index contributed by atoms with van der Waals surface area (Å²) in [4.78, 5) is 53.9. The van der Waals surface area contributed by atoms with Crippen LogP contribution in [0.5, 0.6) is 5.75 Å².